The maximum absolute atomic E-state index is 12.9. The van der Waals surface area contributed by atoms with Gasteiger partial charge in [-0.25, -0.2) is 13.8 Å². The van der Waals surface area contributed by atoms with Crippen molar-refractivity contribution in [2.45, 2.75) is 12.8 Å². The molecule has 100 valence electrons. The van der Waals surface area contributed by atoms with Crippen molar-refractivity contribution in [2.24, 2.45) is 0 Å². The zero-order valence-corrected chi connectivity index (χ0v) is 9.59. The van der Waals surface area contributed by atoms with Gasteiger partial charge in [-0.2, -0.15) is 5.26 Å². The van der Waals surface area contributed by atoms with Crippen LogP contribution in [0, 0.1) is 21.4 Å². The number of nitrogens with zero attached hydrogens (tertiary/aromatic N) is 3. The smallest absolute Gasteiger partial charge is 0.310 e. The zero-order chi connectivity index (χ0) is 14.6. The van der Waals surface area contributed by atoms with Crippen LogP contribution in [0.15, 0.2) is 6.20 Å². The van der Waals surface area contributed by atoms with Crippen molar-refractivity contribution in [3.63, 3.8) is 0 Å². The normalized spacial score (nSPS) is 10.1. The van der Waals surface area contributed by atoms with Gasteiger partial charge in [0.2, 0.25) is 0 Å². The lowest BCUT2D eigenvalue weighted by atomic mass is 10.0. The molecular weight excluding hydrogens is 264 g/mol. The van der Waals surface area contributed by atoms with E-state index in [0.717, 1.165) is 7.11 Å². The van der Waals surface area contributed by atoms with Crippen LogP contribution in [0.2, 0.25) is 0 Å². The molecule has 1 heterocycles. The summed E-state index contributed by atoms with van der Waals surface area (Å²) in [7, 11) is 1.03. The van der Waals surface area contributed by atoms with Crippen LogP contribution in [0.5, 0.6) is 0 Å². The van der Waals surface area contributed by atoms with E-state index in [9.17, 15) is 23.7 Å². The summed E-state index contributed by atoms with van der Waals surface area (Å²) in [6, 6.07) is 1.51. The van der Waals surface area contributed by atoms with Gasteiger partial charge in [-0.1, -0.05) is 0 Å². The van der Waals surface area contributed by atoms with Gasteiger partial charge in [0.15, 0.2) is 0 Å². The van der Waals surface area contributed by atoms with Gasteiger partial charge < -0.3 is 4.74 Å². The molecule has 0 fully saturated rings. The number of hydrogen-bond donors (Lipinski definition) is 0. The lowest BCUT2D eigenvalue weighted by Gasteiger charge is -2.09. The van der Waals surface area contributed by atoms with E-state index in [1.54, 1.807) is 0 Å². The van der Waals surface area contributed by atoms with Crippen molar-refractivity contribution in [1.29, 1.82) is 5.26 Å². The summed E-state index contributed by atoms with van der Waals surface area (Å²) < 4.78 is 30.1. The van der Waals surface area contributed by atoms with E-state index < -0.39 is 46.2 Å². The molecular formula is C10H7F2N3O4. The van der Waals surface area contributed by atoms with Crippen LogP contribution in [0.25, 0.3) is 0 Å². The van der Waals surface area contributed by atoms with Crippen LogP contribution in [-0.2, 0) is 16.0 Å². The second-order valence-electron chi connectivity index (χ2n) is 3.31. The van der Waals surface area contributed by atoms with Crippen molar-refractivity contribution in [1.82, 2.24) is 4.98 Å². The minimum atomic E-state index is -3.21. The minimum Gasteiger partial charge on any atom is -0.469 e. The standard InChI is InChI=1S/C10H7F2N3O4/c1-19-8(16)2-5-6(3-13)14-4-7(15(17)18)9(5)10(11)12/h4,10H,2H2,1H3. The molecule has 0 saturated heterocycles. The number of pyridine rings is 1. The molecule has 19 heavy (non-hydrogen) atoms. The number of carbonyl (C=O) groups excluding carboxylic acids is 1. The van der Waals surface area contributed by atoms with Gasteiger partial charge in [0.25, 0.3) is 12.1 Å². The Bertz CT molecular complexity index is 569. The Hall–Kier alpha value is -2.63. The molecule has 0 spiro atoms. The third-order valence-electron chi connectivity index (χ3n) is 2.27. The summed E-state index contributed by atoms with van der Waals surface area (Å²) in [5, 5.41) is 19.4. The van der Waals surface area contributed by atoms with Gasteiger partial charge in [-0.15, -0.1) is 0 Å². The second kappa shape index (κ2) is 5.81. The van der Waals surface area contributed by atoms with Crippen LogP contribution < -0.4 is 0 Å². The Morgan fingerprint density at radius 2 is 2.32 bits per heavy atom. The third kappa shape index (κ3) is 2.98. The molecule has 0 aromatic carbocycles. The van der Waals surface area contributed by atoms with Crippen LogP contribution in [-0.4, -0.2) is 23.0 Å². The molecule has 0 radical (unpaired) electrons. The second-order valence-corrected chi connectivity index (χ2v) is 3.31. The number of rotatable bonds is 4. The molecule has 1 aromatic heterocycles. The summed E-state index contributed by atoms with van der Waals surface area (Å²) in [6.07, 6.45) is -3.33. The minimum absolute atomic E-state index is 0.466. The average Bonchev–Trinajstić information content (AvgIpc) is 2.37. The summed E-state index contributed by atoms with van der Waals surface area (Å²) in [6.45, 7) is 0. The first-order valence-electron chi connectivity index (χ1n) is 4.83. The Labute approximate surface area is 105 Å². The Morgan fingerprint density at radius 3 is 2.74 bits per heavy atom. The van der Waals surface area contributed by atoms with Crippen LogP contribution in [0.4, 0.5) is 14.5 Å². The molecule has 0 unspecified atom stereocenters. The first-order valence-corrected chi connectivity index (χ1v) is 4.83. The summed E-state index contributed by atoms with van der Waals surface area (Å²) in [4.78, 5) is 24.2. The van der Waals surface area contributed by atoms with Crippen molar-refractivity contribution in [2.75, 3.05) is 7.11 Å². The molecule has 0 saturated carbocycles. The third-order valence-corrected chi connectivity index (χ3v) is 2.27. The fourth-order valence-corrected chi connectivity index (χ4v) is 1.44. The number of esters is 1. The maximum Gasteiger partial charge on any atom is 0.310 e. The number of hydrogen-bond acceptors (Lipinski definition) is 6. The fraction of sp³-hybridized carbons (Fsp3) is 0.300. The van der Waals surface area contributed by atoms with E-state index in [1.165, 1.54) is 6.07 Å². The van der Waals surface area contributed by atoms with E-state index in [1.807, 2.05) is 0 Å². The summed E-state index contributed by atoms with van der Waals surface area (Å²) in [5.74, 6) is -0.902. The average molecular weight is 271 g/mol. The SMILES string of the molecule is COC(=O)Cc1c(C#N)ncc([N+](=O)[O-])c1C(F)F. The quantitative estimate of drug-likeness (QED) is 0.466. The molecule has 7 nitrogen and oxygen atoms in total. The van der Waals surface area contributed by atoms with Crippen molar-refractivity contribution >= 4 is 11.7 Å². The number of carbonyl (C=O) groups is 1. The molecule has 1 rings (SSSR count). The van der Waals surface area contributed by atoms with Gasteiger partial charge in [-0.05, 0) is 0 Å². The van der Waals surface area contributed by atoms with E-state index >= 15 is 0 Å². The predicted molar refractivity (Wildman–Crippen MR) is 56.3 cm³/mol. The first-order chi connectivity index (χ1) is 8.92. The topological polar surface area (TPSA) is 106 Å². The summed E-state index contributed by atoms with van der Waals surface area (Å²) >= 11 is 0. The number of nitriles is 1. The van der Waals surface area contributed by atoms with E-state index in [0.29, 0.717) is 6.20 Å². The molecule has 0 aliphatic rings. The largest absolute Gasteiger partial charge is 0.469 e. The molecule has 0 amide bonds. The molecule has 0 aliphatic carbocycles. The van der Waals surface area contributed by atoms with Gasteiger partial charge >= 0.3 is 5.97 Å². The van der Waals surface area contributed by atoms with Crippen LogP contribution in [0.1, 0.15) is 23.2 Å². The highest BCUT2D eigenvalue weighted by Crippen LogP contribution is 2.33. The lowest BCUT2D eigenvalue weighted by Crippen LogP contribution is -2.12. The van der Waals surface area contributed by atoms with Crippen LogP contribution >= 0.6 is 0 Å². The molecule has 0 aliphatic heterocycles. The monoisotopic (exact) mass is 271 g/mol. The van der Waals surface area contributed by atoms with Crippen LogP contribution in [0.3, 0.4) is 0 Å². The fourth-order valence-electron chi connectivity index (χ4n) is 1.44. The van der Waals surface area contributed by atoms with Crippen molar-refractivity contribution < 1.29 is 23.2 Å². The number of nitro groups is 1. The van der Waals surface area contributed by atoms with Gasteiger partial charge in [0, 0.05) is 5.56 Å². The molecule has 0 bridgehead atoms. The van der Waals surface area contributed by atoms with Crippen molar-refractivity contribution in [3.8, 4) is 6.07 Å². The molecule has 0 N–H and O–H groups in total. The highest BCUT2D eigenvalue weighted by molar-refractivity contribution is 5.74. The number of ether oxygens (including phenoxy) is 1. The number of halogens is 2. The Kier molecular flexibility index (Phi) is 4.41. The molecule has 0 atom stereocenters. The van der Waals surface area contributed by atoms with E-state index in [2.05, 4.69) is 9.72 Å². The summed E-state index contributed by atoms with van der Waals surface area (Å²) in [5.41, 5.74) is -2.88. The Balaban J connectivity index is 3.53. The number of alkyl halides is 2. The van der Waals surface area contributed by atoms with Crippen molar-refractivity contribution in [3.05, 3.63) is 33.1 Å². The maximum atomic E-state index is 12.9. The van der Waals surface area contributed by atoms with Gasteiger partial charge in [0.1, 0.15) is 23.5 Å². The predicted octanol–water partition coefficient (Wildman–Crippen LogP) is 1.51. The number of aromatic nitrogens is 1. The Morgan fingerprint density at radius 1 is 1.68 bits per heavy atom. The van der Waals surface area contributed by atoms with E-state index in [-0.39, 0.29) is 0 Å². The molecule has 1 aromatic rings. The number of methoxy groups -OCH3 is 1. The van der Waals surface area contributed by atoms with E-state index in [4.69, 9.17) is 5.26 Å². The lowest BCUT2D eigenvalue weighted by molar-refractivity contribution is -0.386. The van der Waals surface area contributed by atoms with Gasteiger partial charge in [0.05, 0.1) is 18.5 Å². The van der Waals surface area contributed by atoms with Gasteiger partial charge in [-0.3, -0.25) is 14.9 Å². The molecule has 9 heteroatoms. The first kappa shape index (κ1) is 14.4. The highest BCUT2D eigenvalue weighted by Gasteiger charge is 2.29. The highest BCUT2D eigenvalue weighted by atomic mass is 19.3. The zero-order valence-electron chi connectivity index (χ0n) is 9.59.